The van der Waals surface area contributed by atoms with Crippen LogP contribution in [0.3, 0.4) is 0 Å². The van der Waals surface area contributed by atoms with Crippen LogP contribution in [0.2, 0.25) is 10.0 Å². The van der Waals surface area contributed by atoms with Crippen molar-refractivity contribution in [3.8, 4) is 0 Å². The molecule has 0 radical (unpaired) electrons. The molecule has 1 fully saturated rings. The fourth-order valence-electron chi connectivity index (χ4n) is 4.06. The van der Waals surface area contributed by atoms with Crippen molar-refractivity contribution in [2.75, 3.05) is 10.2 Å². The molecular formula is C30H21Cl2N3O5S. The number of halogens is 2. The van der Waals surface area contributed by atoms with Gasteiger partial charge in [0.25, 0.3) is 11.8 Å². The lowest BCUT2D eigenvalue weighted by Crippen LogP contribution is -2.31. The fourth-order valence-corrected chi connectivity index (χ4v) is 5.46. The smallest absolute Gasteiger partial charge is 0.272 e. The quantitative estimate of drug-likeness (QED) is 0.177. The third-order valence-electron chi connectivity index (χ3n) is 6.00. The molecule has 1 atom stereocenters. The number of hydrogen-bond acceptors (Lipinski definition) is 6. The average Bonchev–Trinajstić information content (AvgIpc) is 3.57. The second-order valence-electron chi connectivity index (χ2n) is 8.85. The van der Waals surface area contributed by atoms with E-state index in [1.165, 1.54) is 36.2 Å². The van der Waals surface area contributed by atoms with Gasteiger partial charge in [-0.2, -0.15) is 0 Å². The van der Waals surface area contributed by atoms with Gasteiger partial charge in [0.1, 0.15) is 11.5 Å². The number of nitrogens with zero attached hydrogens (tertiary/aromatic N) is 1. The summed E-state index contributed by atoms with van der Waals surface area (Å²) in [6.45, 7) is 0. The van der Waals surface area contributed by atoms with Gasteiger partial charge < -0.3 is 15.1 Å². The highest BCUT2D eigenvalue weighted by Gasteiger charge is 2.40. The standard InChI is InChI=1S/C30H21Cl2N3O5S/c31-23-12-11-20(15-24(23)32)35-27(36)17-26(30(35)39)41-22-10-4-8-19(14-22)33-29(38)25(16-21-9-5-13-40-21)34-28(37)18-6-2-1-3-7-18/h1-16,26H,17H2,(H,33,38)(H,34,37). The van der Waals surface area contributed by atoms with E-state index in [0.717, 1.165) is 4.90 Å². The monoisotopic (exact) mass is 605 g/mol. The van der Waals surface area contributed by atoms with Gasteiger partial charge in [-0.15, -0.1) is 11.8 Å². The molecule has 1 aliphatic rings. The molecule has 8 nitrogen and oxygen atoms in total. The van der Waals surface area contributed by atoms with Crippen LogP contribution < -0.4 is 15.5 Å². The first-order valence-corrected chi connectivity index (χ1v) is 13.9. The van der Waals surface area contributed by atoms with E-state index >= 15 is 0 Å². The van der Waals surface area contributed by atoms with Crippen LogP contribution in [0.15, 0.2) is 106 Å². The van der Waals surface area contributed by atoms with Crippen LogP contribution in [0.1, 0.15) is 22.5 Å². The minimum Gasteiger partial charge on any atom is -0.465 e. The highest BCUT2D eigenvalue weighted by Crippen LogP contribution is 2.36. The molecule has 4 aromatic rings. The second-order valence-corrected chi connectivity index (χ2v) is 10.9. The second kappa shape index (κ2) is 12.5. The van der Waals surface area contributed by atoms with E-state index in [1.807, 2.05) is 0 Å². The molecule has 1 unspecified atom stereocenters. The Balaban J connectivity index is 1.30. The van der Waals surface area contributed by atoms with Crippen LogP contribution in [0.4, 0.5) is 11.4 Å². The van der Waals surface area contributed by atoms with Gasteiger partial charge in [0.15, 0.2) is 0 Å². The van der Waals surface area contributed by atoms with Crippen LogP contribution in [0.5, 0.6) is 0 Å². The summed E-state index contributed by atoms with van der Waals surface area (Å²) in [5, 5.41) is 5.32. The Hall–Kier alpha value is -4.31. The van der Waals surface area contributed by atoms with Crippen molar-refractivity contribution in [2.24, 2.45) is 0 Å². The number of rotatable bonds is 8. The number of anilines is 2. The van der Waals surface area contributed by atoms with E-state index in [2.05, 4.69) is 10.6 Å². The maximum atomic E-state index is 13.2. The molecule has 1 aromatic heterocycles. The highest BCUT2D eigenvalue weighted by molar-refractivity contribution is 8.00. The van der Waals surface area contributed by atoms with E-state index < -0.39 is 17.1 Å². The van der Waals surface area contributed by atoms with E-state index in [9.17, 15) is 19.2 Å². The summed E-state index contributed by atoms with van der Waals surface area (Å²) >= 11 is 13.3. The summed E-state index contributed by atoms with van der Waals surface area (Å²) in [7, 11) is 0. The Kier molecular flexibility index (Phi) is 8.58. The molecule has 3 aromatic carbocycles. The lowest BCUT2D eigenvalue weighted by molar-refractivity contribution is -0.121. The Labute approximate surface area is 249 Å². The van der Waals surface area contributed by atoms with Crippen molar-refractivity contribution in [2.45, 2.75) is 16.6 Å². The van der Waals surface area contributed by atoms with Crippen LogP contribution in [-0.4, -0.2) is 28.9 Å². The average molecular weight is 606 g/mol. The molecule has 2 N–H and O–H groups in total. The lowest BCUT2D eigenvalue weighted by atomic mass is 10.2. The van der Waals surface area contributed by atoms with E-state index in [1.54, 1.807) is 72.8 Å². The minimum absolute atomic E-state index is 0.00187. The van der Waals surface area contributed by atoms with E-state index in [0.29, 0.717) is 32.6 Å². The SMILES string of the molecule is O=C(Nc1cccc(SC2CC(=O)N(c3ccc(Cl)c(Cl)c3)C2=O)c1)C(=Cc1ccco1)NC(=O)c1ccccc1. The van der Waals surface area contributed by atoms with Gasteiger partial charge in [-0.1, -0.05) is 47.5 Å². The third-order valence-corrected chi connectivity index (χ3v) is 7.91. The van der Waals surface area contributed by atoms with Gasteiger partial charge in [0.2, 0.25) is 11.8 Å². The Morgan fingerprint density at radius 3 is 2.46 bits per heavy atom. The molecule has 5 rings (SSSR count). The zero-order valence-corrected chi connectivity index (χ0v) is 23.5. The number of imide groups is 1. The predicted octanol–water partition coefficient (Wildman–Crippen LogP) is 6.42. The summed E-state index contributed by atoms with van der Waals surface area (Å²) in [4.78, 5) is 53.6. The Morgan fingerprint density at radius 2 is 1.73 bits per heavy atom. The maximum Gasteiger partial charge on any atom is 0.272 e. The van der Waals surface area contributed by atoms with Gasteiger partial charge >= 0.3 is 0 Å². The van der Waals surface area contributed by atoms with Gasteiger partial charge in [0.05, 0.1) is 27.2 Å². The molecule has 1 saturated heterocycles. The summed E-state index contributed by atoms with van der Waals surface area (Å²) in [6, 6.07) is 23.3. The summed E-state index contributed by atoms with van der Waals surface area (Å²) in [6.07, 6.45) is 2.88. The molecule has 0 bridgehead atoms. The van der Waals surface area contributed by atoms with Gasteiger partial charge in [-0.05, 0) is 60.7 Å². The van der Waals surface area contributed by atoms with Crippen molar-refractivity contribution in [3.63, 3.8) is 0 Å². The zero-order valence-electron chi connectivity index (χ0n) is 21.2. The maximum absolute atomic E-state index is 13.2. The van der Waals surface area contributed by atoms with Gasteiger partial charge in [-0.25, -0.2) is 4.90 Å². The van der Waals surface area contributed by atoms with Crippen molar-refractivity contribution in [1.82, 2.24) is 5.32 Å². The van der Waals surface area contributed by atoms with Crippen LogP contribution in [0.25, 0.3) is 6.08 Å². The summed E-state index contributed by atoms with van der Waals surface area (Å²) < 4.78 is 5.33. The van der Waals surface area contributed by atoms with Crippen LogP contribution >= 0.6 is 35.0 Å². The molecule has 2 heterocycles. The number of amides is 4. The molecule has 11 heteroatoms. The number of nitrogens with one attached hydrogen (secondary N) is 2. The molecule has 0 aliphatic carbocycles. The first kappa shape index (κ1) is 28.2. The number of thioether (sulfide) groups is 1. The van der Waals surface area contributed by atoms with Crippen LogP contribution in [0, 0.1) is 0 Å². The zero-order chi connectivity index (χ0) is 28.9. The summed E-state index contributed by atoms with van der Waals surface area (Å²) in [5.74, 6) is -1.38. The number of carbonyl (C=O) groups is 4. The molecule has 206 valence electrons. The normalized spacial score (nSPS) is 15.2. The molecule has 1 aliphatic heterocycles. The molecule has 41 heavy (non-hydrogen) atoms. The topological polar surface area (TPSA) is 109 Å². The molecular weight excluding hydrogens is 585 g/mol. The highest BCUT2D eigenvalue weighted by atomic mass is 35.5. The van der Waals surface area contributed by atoms with Crippen LogP contribution in [-0.2, 0) is 14.4 Å². The molecule has 0 spiro atoms. The van der Waals surface area contributed by atoms with Crippen molar-refractivity contribution in [3.05, 3.63) is 118 Å². The first-order chi connectivity index (χ1) is 19.8. The van der Waals surface area contributed by atoms with Gasteiger partial charge in [0, 0.05) is 28.6 Å². The minimum atomic E-state index is -0.664. The van der Waals surface area contributed by atoms with E-state index in [4.69, 9.17) is 27.6 Å². The number of carbonyl (C=O) groups excluding carboxylic acids is 4. The Morgan fingerprint density at radius 1 is 0.927 bits per heavy atom. The number of furan rings is 1. The molecule has 4 amide bonds. The molecule has 0 saturated carbocycles. The largest absolute Gasteiger partial charge is 0.465 e. The van der Waals surface area contributed by atoms with Crippen molar-refractivity contribution >= 4 is 76.0 Å². The van der Waals surface area contributed by atoms with E-state index in [-0.39, 0.29) is 29.0 Å². The number of hydrogen-bond donors (Lipinski definition) is 2. The van der Waals surface area contributed by atoms with Crippen molar-refractivity contribution < 1.29 is 23.6 Å². The lowest BCUT2D eigenvalue weighted by Gasteiger charge is -2.16. The number of benzene rings is 3. The first-order valence-electron chi connectivity index (χ1n) is 12.3. The van der Waals surface area contributed by atoms with Crippen molar-refractivity contribution in [1.29, 1.82) is 0 Å². The third kappa shape index (κ3) is 6.71. The van der Waals surface area contributed by atoms with Gasteiger partial charge in [-0.3, -0.25) is 19.2 Å². The summed E-state index contributed by atoms with van der Waals surface area (Å²) in [5.41, 5.74) is 1.14. The Bertz CT molecular complexity index is 1660. The fraction of sp³-hybridized carbons (Fsp3) is 0.0667. The predicted molar refractivity (Wildman–Crippen MR) is 159 cm³/mol.